The van der Waals surface area contributed by atoms with Crippen LogP contribution in [0.15, 0.2) is 36.4 Å². The van der Waals surface area contributed by atoms with Crippen LogP contribution in [0, 0.1) is 11.6 Å². The molecule has 2 aromatic carbocycles. The molecule has 0 unspecified atom stereocenters. The number of nitrogens with zero attached hydrogens (tertiary/aromatic N) is 2. The molecule has 1 aliphatic carbocycles. The van der Waals surface area contributed by atoms with Crippen LogP contribution in [0.2, 0.25) is 5.02 Å². The van der Waals surface area contributed by atoms with Crippen molar-refractivity contribution in [2.75, 3.05) is 6.61 Å². The fraction of sp³-hybridized carbons (Fsp3) is 0.417. The Morgan fingerprint density at radius 1 is 1.10 bits per heavy atom. The van der Waals surface area contributed by atoms with Gasteiger partial charge in [0.25, 0.3) is 0 Å². The SMILES string of the molecule is CCOC(=O)CC1(n2c(-c3ccc(Cl)cc3)nc3cc(F)c(F)cc32)CCCCCC1. The largest absolute Gasteiger partial charge is 0.466 e. The Kier molecular flexibility index (Phi) is 6.28. The number of carbonyl (C=O) groups is 1. The van der Waals surface area contributed by atoms with E-state index in [1.807, 2.05) is 16.7 Å². The van der Waals surface area contributed by atoms with Crippen LogP contribution in [-0.2, 0) is 15.1 Å². The van der Waals surface area contributed by atoms with Gasteiger partial charge in [-0.15, -0.1) is 0 Å². The molecule has 1 heterocycles. The molecule has 3 aromatic rings. The first-order valence-corrected chi connectivity index (χ1v) is 11.1. The third kappa shape index (κ3) is 4.31. The number of carbonyl (C=O) groups excluding carboxylic acids is 1. The number of hydrogen-bond acceptors (Lipinski definition) is 3. The second kappa shape index (κ2) is 8.95. The van der Waals surface area contributed by atoms with Gasteiger partial charge in [0, 0.05) is 22.7 Å². The zero-order valence-electron chi connectivity index (χ0n) is 17.5. The quantitative estimate of drug-likeness (QED) is 0.326. The second-order valence-corrected chi connectivity index (χ2v) is 8.59. The minimum absolute atomic E-state index is 0.159. The lowest BCUT2D eigenvalue weighted by Crippen LogP contribution is -2.37. The summed E-state index contributed by atoms with van der Waals surface area (Å²) in [6.45, 7) is 2.07. The van der Waals surface area contributed by atoms with Crippen molar-refractivity contribution in [3.8, 4) is 11.4 Å². The number of benzene rings is 2. The Balaban J connectivity index is 1.98. The molecular weight excluding hydrogens is 422 g/mol. The Morgan fingerprint density at radius 2 is 1.74 bits per heavy atom. The van der Waals surface area contributed by atoms with Gasteiger partial charge in [0.1, 0.15) is 5.82 Å². The summed E-state index contributed by atoms with van der Waals surface area (Å²) in [7, 11) is 0. The van der Waals surface area contributed by atoms with Gasteiger partial charge < -0.3 is 9.30 Å². The summed E-state index contributed by atoms with van der Waals surface area (Å²) in [4.78, 5) is 17.3. The highest BCUT2D eigenvalue weighted by Gasteiger charge is 2.39. The van der Waals surface area contributed by atoms with E-state index in [9.17, 15) is 13.6 Å². The van der Waals surface area contributed by atoms with E-state index >= 15 is 0 Å². The Morgan fingerprint density at radius 3 is 2.39 bits per heavy atom. The number of rotatable bonds is 5. The Hall–Kier alpha value is -2.47. The fourth-order valence-corrected chi connectivity index (χ4v) is 4.82. The number of halogens is 3. The molecule has 4 nitrogen and oxygen atoms in total. The number of aromatic nitrogens is 2. The molecule has 31 heavy (non-hydrogen) atoms. The predicted molar refractivity (Wildman–Crippen MR) is 117 cm³/mol. The van der Waals surface area contributed by atoms with Crippen molar-refractivity contribution in [1.82, 2.24) is 9.55 Å². The van der Waals surface area contributed by atoms with Crippen LogP contribution >= 0.6 is 11.6 Å². The summed E-state index contributed by atoms with van der Waals surface area (Å²) in [5.41, 5.74) is 0.983. The Bertz CT molecular complexity index is 1090. The van der Waals surface area contributed by atoms with E-state index in [4.69, 9.17) is 16.3 Å². The van der Waals surface area contributed by atoms with Gasteiger partial charge in [-0.05, 0) is 44.0 Å². The smallest absolute Gasteiger partial charge is 0.308 e. The molecule has 1 saturated carbocycles. The summed E-state index contributed by atoms with van der Waals surface area (Å²) < 4.78 is 35.6. The van der Waals surface area contributed by atoms with Gasteiger partial charge in [0.2, 0.25) is 0 Å². The van der Waals surface area contributed by atoms with Crippen LogP contribution in [0.4, 0.5) is 8.78 Å². The van der Waals surface area contributed by atoms with E-state index in [2.05, 4.69) is 4.98 Å². The van der Waals surface area contributed by atoms with Crippen molar-refractivity contribution in [1.29, 1.82) is 0 Å². The van der Waals surface area contributed by atoms with E-state index in [1.165, 1.54) is 6.07 Å². The monoisotopic (exact) mass is 446 g/mol. The summed E-state index contributed by atoms with van der Waals surface area (Å²) in [6.07, 6.45) is 5.62. The summed E-state index contributed by atoms with van der Waals surface area (Å²) >= 11 is 6.07. The summed E-state index contributed by atoms with van der Waals surface area (Å²) in [5, 5.41) is 0.583. The topological polar surface area (TPSA) is 44.1 Å². The van der Waals surface area contributed by atoms with E-state index < -0.39 is 17.2 Å². The van der Waals surface area contributed by atoms with Gasteiger partial charge in [-0.25, -0.2) is 13.8 Å². The predicted octanol–water partition coefficient (Wildman–Crippen LogP) is 6.64. The molecular formula is C24H25ClF2N2O2. The van der Waals surface area contributed by atoms with Crippen LogP contribution in [-0.4, -0.2) is 22.1 Å². The van der Waals surface area contributed by atoms with Crippen molar-refractivity contribution in [2.24, 2.45) is 0 Å². The normalized spacial score (nSPS) is 16.3. The van der Waals surface area contributed by atoms with Crippen LogP contribution in [0.5, 0.6) is 0 Å². The highest BCUT2D eigenvalue weighted by molar-refractivity contribution is 6.30. The standard InChI is InChI=1S/C24H25ClF2N2O2/c1-2-31-22(30)15-24(11-5-3-4-6-12-24)29-21-14-19(27)18(26)13-20(21)28-23(29)16-7-9-17(25)10-8-16/h7-10,13-14H,2-6,11-12,15H2,1H3. The third-order valence-electron chi connectivity index (χ3n) is 6.09. The fourth-order valence-electron chi connectivity index (χ4n) is 4.69. The van der Waals surface area contributed by atoms with E-state index in [1.54, 1.807) is 19.1 Å². The molecule has 0 N–H and O–H groups in total. The molecule has 1 fully saturated rings. The number of imidazole rings is 1. The highest BCUT2D eigenvalue weighted by atomic mass is 35.5. The molecule has 1 aromatic heterocycles. The lowest BCUT2D eigenvalue weighted by molar-refractivity contribution is -0.145. The van der Waals surface area contributed by atoms with Crippen LogP contribution in [0.3, 0.4) is 0 Å². The molecule has 7 heteroatoms. The minimum Gasteiger partial charge on any atom is -0.466 e. The van der Waals surface area contributed by atoms with Crippen LogP contribution in [0.1, 0.15) is 51.9 Å². The molecule has 164 valence electrons. The molecule has 4 rings (SSSR count). The van der Waals surface area contributed by atoms with E-state index in [0.29, 0.717) is 28.5 Å². The first-order chi connectivity index (χ1) is 14.9. The van der Waals surface area contributed by atoms with Gasteiger partial charge in [0.15, 0.2) is 11.6 Å². The van der Waals surface area contributed by atoms with E-state index in [0.717, 1.165) is 50.2 Å². The van der Waals surface area contributed by atoms with Crippen LogP contribution < -0.4 is 0 Å². The number of hydrogen-bond donors (Lipinski definition) is 0. The maximum atomic E-state index is 14.3. The lowest BCUT2D eigenvalue weighted by Gasteiger charge is -2.36. The second-order valence-electron chi connectivity index (χ2n) is 8.15. The maximum absolute atomic E-state index is 14.3. The van der Waals surface area contributed by atoms with E-state index in [-0.39, 0.29) is 12.4 Å². The first kappa shape index (κ1) is 21.8. The van der Waals surface area contributed by atoms with Crippen molar-refractivity contribution in [3.05, 3.63) is 53.1 Å². The molecule has 0 spiro atoms. The third-order valence-corrected chi connectivity index (χ3v) is 6.34. The number of esters is 1. The highest BCUT2D eigenvalue weighted by Crippen LogP contribution is 2.43. The average Bonchev–Trinajstić information content (AvgIpc) is 2.93. The van der Waals surface area contributed by atoms with Gasteiger partial charge in [-0.3, -0.25) is 4.79 Å². The van der Waals surface area contributed by atoms with Gasteiger partial charge in [-0.1, -0.05) is 37.3 Å². The molecule has 0 radical (unpaired) electrons. The summed E-state index contributed by atoms with van der Waals surface area (Å²) in [5.74, 6) is -1.60. The maximum Gasteiger partial charge on any atom is 0.308 e. The lowest BCUT2D eigenvalue weighted by atomic mass is 9.85. The van der Waals surface area contributed by atoms with Crippen molar-refractivity contribution < 1.29 is 18.3 Å². The Labute approximate surface area is 185 Å². The molecule has 0 aliphatic heterocycles. The van der Waals surface area contributed by atoms with Crippen LogP contribution in [0.25, 0.3) is 22.4 Å². The average molecular weight is 447 g/mol. The minimum atomic E-state index is -0.944. The molecule has 0 atom stereocenters. The van der Waals surface area contributed by atoms with Gasteiger partial charge in [0.05, 0.1) is 29.6 Å². The first-order valence-electron chi connectivity index (χ1n) is 10.7. The zero-order chi connectivity index (χ0) is 22.0. The van der Waals surface area contributed by atoms with Crippen molar-refractivity contribution >= 4 is 28.6 Å². The van der Waals surface area contributed by atoms with Crippen molar-refractivity contribution in [3.63, 3.8) is 0 Å². The van der Waals surface area contributed by atoms with Gasteiger partial charge in [-0.2, -0.15) is 0 Å². The zero-order valence-corrected chi connectivity index (χ0v) is 18.2. The molecule has 0 bridgehead atoms. The number of fused-ring (bicyclic) bond motifs is 1. The van der Waals surface area contributed by atoms with Gasteiger partial charge >= 0.3 is 5.97 Å². The molecule has 1 aliphatic rings. The van der Waals surface area contributed by atoms with Crippen molar-refractivity contribution in [2.45, 2.75) is 57.4 Å². The molecule has 0 amide bonds. The molecule has 0 saturated heterocycles. The summed E-state index contributed by atoms with van der Waals surface area (Å²) in [6, 6.07) is 9.49. The number of ether oxygens (including phenoxy) is 1.